The summed E-state index contributed by atoms with van der Waals surface area (Å²) in [7, 11) is 0. The van der Waals surface area contributed by atoms with Crippen LogP contribution in [-0.2, 0) is 4.74 Å². The molecule has 0 aliphatic carbocycles. The number of rotatable bonds is 2. The molecule has 1 aromatic heterocycles. The SMILES string of the molecule is Cc1cn(C2CC(O)C(CC(C)(C)C)O2)c(=O)[nH]c1=O. The average molecular weight is 282 g/mol. The second kappa shape index (κ2) is 5.18. The first-order valence-electron chi connectivity index (χ1n) is 6.83. The van der Waals surface area contributed by atoms with Gasteiger partial charge in [0.2, 0.25) is 0 Å². The molecule has 3 atom stereocenters. The van der Waals surface area contributed by atoms with Gasteiger partial charge in [-0.3, -0.25) is 14.3 Å². The number of H-pyrrole nitrogens is 1. The normalized spacial score (nSPS) is 26.9. The highest BCUT2D eigenvalue weighted by Crippen LogP contribution is 2.34. The Hall–Kier alpha value is -1.40. The quantitative estimate of drug-likeness (QED) is 0.845. The monoisotopic (exact) mass is 282 g/mol. The smallest absolute Gasteiger partial charge is 0.330 e. The zero-order valence-corrected chi connectivity index (χ0v) is 12.3. The van der Waals surface area contributed by atoms with Gasteiger partial charge in [-0.2, -0.15) is 0 Å². The molecule has 0 radical (unpaired) electrons. The highest BCUT2D eigenvalue weighted by molar-refractivity contribution is 5.02. The Labute approximate surface area is 117 Å². The zero-order valence-electron chi connectivity index (χ0n) is 12.3. The van der Waals surface area contributed by atoms with Crippen LogP contribution in [0.1, 0.15) is 45.4 Å². The molecule has 3 unspecified atom stereocenters. The summed E-state index contributed by atoms with van der Waals surface area (Å²) in [5.74, 6) is 0. The summed E-state index contributed by atoms with van der Waals surface area (Å²) in [6, 6.07) is 0. The third-order valence-corrected chi connectivity index (χ3v) is 3.47. The summed E-state index contributed by atoms with van der Waals surface area (Å²) in [4.78, 5) is 25.4. The number of nitrogens with zero attached hydrogens (tertiary/aromatic N) is 1. The van der Waals surface area contributed by atoms with E-state index in [1.165, 1.54) is 10.8 Å². The maximum absolute atomic E-state index is 11.8. The van der Waals surface area contributed by atoms with Crippen LogP contribution in [0.5, 0.6) is 0 Å². The lowest BCUT2D eigenvalue weighted by Gasteiger charge is -2.24. The Morgan fingerprint density at radius 3 is 2.70 bits per heavy atom. The number of ether oxygens (including phenoxy) is 1. The third kappa shape index (κ3) is 3.19. The van der Waals surface area contributed by atoms with Gasteiger partial charge in [0.05, 0.1) is 12.2 Å². The van der Waals surface area contributed by atoms with E-state index in [1.807, 2.05) is 0 Å². The van der Waals surface area contributed by atoms with Crippen molar-refractivity contribution in [2.45, 2.75) is 59.0 Å². The Morgan fingerprint density at radius 2 is 2.10 bits per heavy atom. The van der Waals surface area contributed by atoms with Crippen LogP contribution in [0.15, 0.2) is 15.8 Å². The molecule has 2 N–H and O–H groups in total. The lowest BCUT2D eigenvalue weighted by Crippen LogP contribution is -2.33. The summed E-state index contributed by atoms with van der Waals surface area (Å²) >= 11 is 0. The highest BCUT2D eigenvalue weighted by atomic mass is 16.5. The Balaban J connectivity index is 2.22. The third-order valence-electron chi connectivity index (χ3n) is 3.47. The van der Waals surface area contributed by atoms with Crippen molar-refractivity contribution < 1.29 is 9.84 Å². The van der Waals surface area contributed by atoms with Crippen LogP contribution in [0.3, 0.4) is 0 Å². The topological polar surface area (TPSA) is 84.3 Å². The van der Waals surface area contributed by atoms with E-state index in [0.29, 0.717) is 18.4 Å². The summed E-state index contributed by atoms with van der Waals surface area (Å²) in [6.07, 6.45) is 1.13. The van der Waals surface area contributed by atoms with Crippen molar-refractivity contribution >= 4 is 0 Å². The minimum Gasteiger partial charge on any atom is -0.390 e. The van der Waals surface area contributed by atoms with Gasteiger partial charge in [-0.05, 0) is 18.8 Å². The molecule has 2 rings (SSSR count). The number of aliphatic hydroxyl groups is 1. The van der Waals surface area contributed by atoms with E-state index in [4.69, 9.17) is 4.74 Å². The molecule has 0 amide bonds. The van der Waals surface area contributed by atoms with Crippen LogP contribution in [0.2, 0.25) is 0 Å². The zero-order chi connectivity index (χ0) is 15.1. The number of hydrogen-bond donors (Lipinski definition) is 2. The molecule has 0 aromatic carbocycles. The molecule has 1 aliphatic heterocycles. The Bertz CT molecular complexity index is 596. The van der Waals surface area contributed by atoms with Crippen LogP contribution in [-0.4, -0.2) is 26.9 Å². The van der Waals surface area contributed by atoms with Crippen LogP contribution < -0.4 is 11.2 Å². The molecular weight excluding hydrogens is 260 g/mol. The van der Waals surface area contributed by atoms with Gasteiger partial charge in [0.25, 0.3) is 5.56 Å². The van der Waals surface area contributed by atoms with Gasteiger partial charge in [-0.1, -0.05) is 20.8 Å². The molecule has 1 aromatic rings. The van der Waals surface area contributed by atoms with Gasteiger partial charge >= 0.3 is 5.69 Å². The predicted octanol–water partition coefficient (Wildman–Crippen LogP) is 0.930. The summed E-state index contributed by atoms with van der Waals surface area (Å²) in [6.45, 7) is 7.86. The molecule has 6 nitrogen and oxygen atoms in total. The van der Waals surface area contributed by atoms with Gasteiger partial charge in [0.15, 0.2) is 0 Å². The fraction of sp³-hybridized carbons (Fsp3) is 0.714. The van der Waals surface area contributed by atoms with Crippen molar-refractivity contribution in [3.63, 3.8) is 0 Å². The van der Waals surface area contributed by atoms with Crippen molar-refractivity contribution in [3.05, 3.63) is 32.6 Å². The van der Waals surface area contributed by atoms with E-state index < -0.39 is 23.6 Å². The average Bonchev–Trinajstić information content (AvgIpc) is 2.63. The first-order valence-corrected chi connectivity index (χ1v) is 6.83. The van der Waals surface area contributed by atoms with Gasteiger partial charge in [0.1, 0.15) is 6.23 Å². The first-order chi connectivity index (χ1) is 9.17. The maximum Gasteiger partial charge on any atom is 0.330 e. The van der Waals surface area contributed by atoms with Crippen molar-refractivity contribution in [1.29, 1.82) is 0 Å². The van der Waals surface area contributed by atoms with Crippen LogP contribution in [0.4, 0.5) is 0 Å². The van der Waals surface area contributed by atoms with Gasteiger partial charge in [0, 0.05) is 18.2 Å². The molecule has 0 bridgehead atoms. The van der Waals surface area contributed by atoms with Gasteiger partial charge in [-0.25, -0.2) is 4.79 Å². The fourth-order valence-electron chi connectivity index (χ4n) is 2.47. The van der Waals surface area contributed by atoms with E-state index >= 15 is 0 Å². The molecular formula is C14H22N2O4. The summed E-state index contributed by atoms with van der Waals surface area (Å²) in [5, 5.41) is 10.1. The molecule has 2 heterocycles. The van der Waals surface area contributed by atoms with Crippen molar-refractivity contribution in [2.24, 2.45) is 5.41 Å². The highest BCUT2D eigenvalue weighted by Gasteiger charge is 2.37. The molecule has 1 saturated heterocycles. The molecule has 20 heavy (non-hydrogen) atoms. The minimum absolute atomic E-state index is 0.0341. The number of aromatic amines is 1. The number of hydrogen-bond acceptors (Lipinski definition) is 4. The maximum atomic E-state index is 11.8. The molecule has 0 spiro atoms. The lowest BCUT2D eigenvalue weighted by atomic mass is 9.87. The van der Waals surface area contributed by atoms with Crippen molar-refractivity contribution in [3.8, 4) is 0 Å². The molecule has 1 fully saturated rings. The van der Waals surface area contributed by atoms with Crippen LogP contribution in [0, 0.1) is 12.3 Å². The van der Waals surface area contributed by atoms with Crippen molar-refractivity contribution in [2.75, 3.05) is 0 Å². The van der Waals surface area contributed by atoms with Crippen LogP contribution >= 0.6 is 0 Å². The number of aryl methyl sites for hydroxylation is 1. The first kappa shape index (κ1) is 15.0. The lowest BCUT2D eigenvalue weighted by molar-refractivity contribution is -0.0383. The molecule has 112 valence electrons. The van der Waals surface area contributed by atoms with Gasteiger partial charge < -0.3 is 9.84 Å². The largest absolute Gasteiger partial charge is 0.390 e. The standard InChI is InChI=1S/C14H22N2O4/c1-8-7-16(13(19)15-12(8)18)11-5-9(17)10(20-11)6-14(2,3)4/h7,9-11,17H,5-6H2,1-4H3,(H,15,18,19). The predicted molar refractivity (Wildman–Crippen MR) is 74.7 cm³/mol. The second-order valence-corrected chi connectivity index (χ2v) is 6.68. The minimum atomic E-state index is -0.599. The van der Waals surface area contributed by atoms with E-state index in [-0.39, 0.29) is 11.5 Å². The summed E-state index contributed by atoms with van der Waals surface area (Å²) in [5.41, 5.74) is -0.418. The fourth-order valence-corrected chi connectivity index (χ4v) is 2.47. The summed E-state index contributed by atoms with van der Waals surface area (Å²) < 4.78 is 7.15. The molecule has 6 heteroatoms. The van der Waals surface area contributed by atoms with Crippen molar-refractivity contribution in [1.82, 2.24) is 9.55 Å². The number of nitrogens with one attached hydrogen (secondary N) is 1. The van der Waals surface area contributed by atoms with E-state index in [1.54, 1.807) is 6.92 Å². The molecule has 1 aliphatic rings. The van der Waals surface area contributed by atoms with Gasteiger partial charge in [-0.15, -0.1) is 0 Å². The second-order valence-electron chi connectivity index (χ2n) is 6.68. The van der Waals surface area contributed by atoms with E-state index in [9.17, 15) is 14.7 Å². The Morgan fingerprint density at radius 1 is 1.45 bits per heavy atom. The van der Waals surface area contributed by atoms with E-state index in [2.05, 4.69) is 25.8 Å². The Kier molecular flexibility index (Phi) is 3.88. The molecule has 0 saturated carbocycles. The number of aromatic nitrogens is 2. The van der Waals surface area contributed by atoms with Crippen LogP contribution in [0.25, 0.3) is 0 Å². The number of aliphatic hydroxyl groups excluding tert-OH is 1. The van der Waals surface area contributed by atoms with E-state index in [0.717, 1.165) is 0 Å².